The summed E-state index contributed by atoms with van der Waals surface area (Å²) in [6, 6.07) is 8.23. The highest BCUT2D eigenvalue weighted by Gasteiger charge is 2.38. The maximum Gasteiger partial charge on any atom is 0.254 e. The molecule has 1 aliphatic rings. The van der Waals surface area contributed by atoms with Crippen molar-refractivity contribution in [2.24, 2.45) is 0 Å². The van der Waals surface area contributed by atoms with Crippen LogP contribution in [0.25, 0.3) is 0 Å². The van der Waals surface area contributed by atoms with Crippen molar-refractivity contribution in [3.63, 3.8) is 0 Å². The first kappa shape index (κ1) is 15.3. The maximum atomic E-state index is 11.8. The van der Waals surface area contributed by atoms with Crippen LogP contribution in [-0.2, 0) is 9.59 Å². The molecule has 1 atom stereocenters. The number of carbonyl (C=O) groups excluding carboxylic acids is 2. The van der Waals surface area contributed by atoms with Crippen LogP contribution in [0.15, 0.2) is 36.4 Å². The molecule has 0 saturated heterocycles. The number of imide groups is 1. The highest BCUT2D eigenvalue weighted by molar-refractivity contribution is 6.13. The highest BCUT2D eigenvalue weighted by Crippen LogP contribution is 2.32. The monoisotopic (exact) mass is 286 g/mol. The van der Waals surface area contributed by atoms with E-state index in [2.05, 4.69) is 24.4 Å². The molecule has 4 nitrogen and oxygen atoms in total. The fourth-order valence-electron chi connectivity index (χ4n) is 2.93. The second kappa shape index (κ2) is 5.72. The predicted molar refractivity (Wildman–Crippen MR) is 84.1 cm³/mol. The fraction of sp³-hybridized carbons (Fsp3) is 0.412. The molecule has 0 aliphatic carbocycles. The van der Waals surface area contributed by atoms with E-state index in [0.717, 1.165) is 12.1 Å². The third-order valence-electron chi connectivity index (χ3n) is 3.99. The van der Waals surface area contributed by atoms with Gasteiger partial charge in [-0.15, -0.1) is 0 Å². The van der Waals surface area contributed by atoms with Crippen LogP contribution in [0.4, 0.5) is 5.69 Å². The average Bonchev–Trinajstić information content (AvgIpc) is 2.78. The van der Waals surface area contributed by atoms with Crippen LogP contribution in [0, 0.1) is 0 Å². The van der Waals surface area contributed by atoms with Crippen molar-refractivity contribution in [3.05, 3.63) is 42.0 Å². The molecule has 1 aromatic rings. The van der Waals surface area contributed by atoms with Crippen molar-refractivity contribution in [1.82, 2.24) is 4.90 Å². The Morgan fingerprint density at radius 2 is 1.62 bits per heavy atom. The second-order valence-corrected chi connectivity index (χ2v) is 6.13. The summed E-state index contributed by atoms with van der Waals surface area (Å²) in [5, 5.41) is 3.09. The molecule has 1 N–H and O–H groups in total. The Labute approximate surface area is 125 Å². The van der Waals surface area contributed by atoms with Gasteiger partial charge in [0.15, 0.2) is 0 Å². The third kappa shape index (κ3) is 3.15. The SMILES string of the molecule is CNc1ccc(C(C)CC(C)(C)N2C(=O)C=CC2=O)cc1. The lowest BCUT2D eigenvalue weighted by molar-refractivity contribution is -0.143. The first-order valence-corrected chi connectivity index (χ1v) is 7.19. The van der Waals surface area contributed by atoms with Crippen molar-refractivity contribution >= 4 is 17.5 Å². The Hall–Kier alpha value is -2.10. The van der Waals surface area contributed by atoms with E-state index in [1.807, 2.05) is 33.0 Å². The Morgan fingerprint density at radius 3 is 2.10 bits per heavy atom. The molecule has 2 rings (SSSR count). The van der Waals surface area contributed by atoms with Crippen LogP contribution in [0.3, 0.4) is 0 Å². The number of nitrogens with zero attached hydrogens (tertiary/aromatic N) is 1. The predicted octanol–water partition coefficient (Wildman–Crippen LogP) is 2.93. The largest absolute Gasteiger partial charge is 0.388 e. The molecule has 0 aromatic heterocycles. The van der Waals surface area contributed by atoms with E-state index in [4.69, 9.17) is 0 Å². The number of hydrogen-bond donors (Lipinski definition) is 1. The van der Waals surface area contributed by atoms with E-state index in [-0.39, 0.29) is 17.7 Å². The molecule has 0 spiro atoms. The zero-order valence-electron chi connectivity index (χ0n) is 13.0. The van der Waals surface area contributed by atoms with E-state index in [1.165, 1.54) is 22.6 Å². The molecule has 21 heavy (non-hydrogen) atoms. The van der Waals surface area contributed by atoms with Gasteiger partial charge in [-0.25, -0.2) is 0 Å². The van der Waals surface area contributed by atoms with Crippen LogP contribution in [-0.4, -0.2) is 29.3 Å². The summed E-state index contributed by atoms with van der Waals surface area (Å²) in [7, 11) is 1.89. The van der Waals surface area contributed by atoms with Gasteiger partial charge < -0.3 is 5.32 Å². The number of anilines is 1. The van der Waals surface area contributed by atoms with E-state index in [1.54, 1.807) is 0 Å². The first-order chi connectivity index (χ1) is 9.85. The summed E-state index contributed by atoms with van der Waals surface area (Å²) in [5.74, 6) is -0.183. The van der Waals surface area contributed by atoms with E-state index >= 15 is 0 Å². The number of nitrogens with one attached hydrogen (secondary N) is 1. The number of hydrogen-bond acceptors (Lipinski definition) is 3. The zero-order chi connectivity index (χ0) is 15.6. The minimum absolute atomic E-state index is 0.220. The number of amides is 2. The number of rotatable bonds is 5. The maximum absolute atomic E-state index is 11.8. The molecule has 0 bridgehead atoms. The Morgan fingerprint density at radius 1 is 1.10 bits per heavy atom. The average molecular weight is 286 g/mol. The van der Waals surface area contributed by atoms with Gasteiger partial charge in [0.1, 0.15) is 0 Å². The lowest BCUT2D eigenvalue weighted by Crippen LogP contribution is -2.48. The molecule has 1 aliphatic heterocycles. The van der Waals surface area contributed by atoms with Crippen molar-refractivity contribution in [1.29, 1.82) is 0 Å². The quantitative estimate of drug-likeness (QED) is 0.847. The smallest absolute Gasteiger partial charge is 0.254 e. The molecule has 0 radical (unpaired) electrons. The van der Waals surface area contributed by atoms with Crippen LogP contribution < -0.4 is 5.32 Å². The molecule has 0 fully saturated rings. The molecule has 0 saturated carbocycles. The zero-order valence-corrected chi connectivity index (χ0v) is 13.0. The van der Waals surface area contributed by atoms with Crippen molar-refractivity contribution in [2.75, 3.05) is 12.4 Å². The second-order valence-electron chi connectivity index (χ2n) is 6.13. The van der Waals surface area contributed by atoms with Crippen LogP contribution in [0.5, 0.6) is 0 Å². The molecule has 2 amide bonds. The lowest BCUT2D eigenvalue weighted by Gasteiger charge is -2.36. The summed E-state index contributed by atoms with van der Waals surface area (Å²) in [4.78, 5) is 25.0. The summed E-state index contributed by atoms with van der Waals surface area (Å²) >= 11 is 0. The molecule has 1 unspecified atom stereocenters. The number of benzene rings is 1. The summed E-state index contributed by atoms with van der Waals surface area (Å²) < 4.78 is 0. The minimum Gasteiger partial charge on any atom is -0.388 e. The standard InChI is InChI=1S/C17H22N2O2/c1-12(13-5-7-14(18-4)8-6-13)11-17(2,3)19-15(20)9-10-16(19)21/h5-10,12,18H,11H2,1-4H3. The fourth-order valence-corrected chi connectivity index (χ4v) is 2.93. The van der Waals surface area contributed by atoms with Crippen molar-refractivity contribution < 1.29 is 9.59 Å². The van der Waals surface area contributed by atoms with E-state index in [9.17, 15) is 9.59 Å². The Balaban J connectivity index is 2.11. The normalized spacial score (nSPS) is 16.5. The highest BCUT2D eigenvalue weighted by atomic mass is 16.2. The number of carbonyl (C=O) groups is 2. The summed E-state index contributed by atoms with van der Waals surface area (Å²) in [6.45, 7) is 6.00. The third-order valence-corrected chi connectivity index (χ3v) is 3.99. The minimum atomic E-state index is -0.501. The van der Waals surface area contributed by atoms with Gasteiger partial charge in [0.2, 0.25) is 0 Å². The Bertz CT molecular complexity index is 555. The van der Waals surface area contributed by atoms with Crippen LogP contribution in [0.2, 0.25) is 0 Å². The first-order valence-electron chi connectivity index (χ1n) is 7.19. The summed E-state index contributed by atoms with van der Waals surface area (Å²) in [5.41, 5.74) is 1.77. The van der Waals surface area contributed by atoms with Gasteiger partial charge in [0.05, 0.1) is 0 Å². The van der Waals surface area contributed by atoms with Gasteiger partial charge in [-0.3, -0.25) is 14.5 Å². The van der Waals surface area contributed by atoms with E-state index < -0.39 is 5.54 Å². The van der Waals surface area contributed by atoms with Crippen LogP contribution >= 0.6 is 0 Å². The van der Waals surface area contributed by atoms with Crippen LogP contribution in [0.1, 0.15) is 38.7 Å². The molecule has 1 heterocycles. The summed E-state index contributed by atoms with van der Waals surface area (Å²) in [6.07, 6.45) is 3.41. The van der Waals surface area contributed by atoms with E-state index in [0.29, 0.717) is 0 Å². The van der Waals surface area contributed by atoms with Gasteiger partial charge in [-0.05, 0) is 43.9 Å². The van der Waals surface area contributed by atoms with Gasteiger partial charge in [-0.2, -0.15) is 0 Å². The molecule has 1 aromatic carbocycles. The van der Waals surface area contributed by atoms with Crippen molar-refractivity contribution in [2.45, 2.75) is 38.6 Å². The van der Waals surface area contributed by atoms with Gasteiger partial charge in [0, 0.05) is 30.4 Å². The molecule has 4 heteroatoms. The molecule has 112 valence electrons. The van der Waals surface area contributed by atoms with Gasteiger partial charge in [0.25, 0.3) is 11.8 Å². The van der Waals surface area contributed by atoms with Gasteiger partial charge in [-0.1, -0.05) is 19.1 Å². The van der Waals surface area contributed by atoms with Gasteiger partial charge >= 0.3 is 0 Å². The lowest BCUT2D eigenvalue weighted by atomic mass is 9.86. The molecular formula is C17H22N2O2. The van der Waals surface area contributed by atoms with Crippen molar-refractivity contribution in [3.8, 4) is 0 Å². The topological polar surface area (TPSA) is 49.4 Å². The Kier molecular flexibility index (Phi) is 4.16. The molecular weight excluding hydrogens is 264 g/mol.